The Labute approximate surface area is 115 Å². The van der Waals surface area contributed by atoms with Gasteiger partial charge in [-0.15, -0.1) is 0 Å². The number of aromatic nitrogens is 1. The monoisotopic (exact) mass is 272 g/mol. The van der Waals surface area contributed by atoms with Crippen molar-refractivity contribution in [3.63, 3.8) is 0 Å². The number of aliphatic hydroxyl groups excluding tert-OH is 1. The van der Waals surface area contributed by atoms with Crippen molar-refractivity contribution in [1.29, 1.82) is 0 Å². The smallest absolute Gasteiger partial charge is 0.255 e. The third kappa shape index (κ3) is 3.16. The van der Waals surface area contributed by atoms with Gasteiger partial charge in [0, 0.05) is 5.56 Å². The van der Waals surface area contributed by atoms with Gasteiger partial charge in [-0.2, -0.15) is 0 Å². The zero-order valence-electron chi connectivity index (χ0n) is 10.7. The normalized spacial score (nSPS) is 9.50. The van der Waals surface area contributed by atoms with Crippen LogP contribution in [0.2, 0.25) is 0 Å². The molecule has 0 atom stereocenters. The number of hydrogen-bond acceptors (Lipinski definition) is 5. The van der Waals surface area contributed by atoms with Crippen molar-refractivity contribution in [2.24, 2.45) is 0 Å². The maximum Gasteiger partial charge on any atom is 0.255 e. The Morgan fingerprint density at radius 3 is 3.05 bits per heavy atom. The SMILES string of the molecule is COc1ccc(C(=O)Nc2cnoc2)cc1C#CCO. The summed E-state index contributed by atoms with van der Waals surface area (Å²) in [6.45, 7) is -0.264. The Bertz CT molecular complexity index is 654. The van der Waals surface area contributed by atoms with Crippen LogP contribution in [0.4, 0.5) is 5.69 Å². The number of rotatable bonds is 3. The second kappa shape index (κ2) is 6.41. The van der Waals surface area contributed by atoms with Crippen LogP contribution in [0.15, 0.2) is 35.2 Å². The first-order chi connectivity index (χ1) is 9.74. The van der Waals surface area contributed by atoms with Crippen LogP contribution in [-0.4, -0.2) is 29.9 Å². The number of hydrogen-bond donors (Lipinski definition) is 2. The highest BCUT2D eigenvalue weighted by molar-refractivity contribution is 6.04. The Morgan fingerprint density at radius 2 is 2.40 bits per heavy atom. The molecule has 0 radical (unpaired) electrons. The molecule has 2 rings (SSSR count). The summed E-state index contributed by atoms with van der Waals surface area (Å²) in [6.07, 6.45) is 2.72. The number of nitrogens with one attached hydrogen (secondary N) is 1. The second-order valence-corrected chi connectivity index (χ2v) is 3.74. The van der Waals surface area contributed by atoms with E-state index in [-0.39, 0.29) is 12.5 Å². The minimum atomic E-state index is -0.317. The van der Waals surface area contributed by atoms with Crippen LogP contribution in [-0.2, 0) is 0 Å². The summed E-state index contributed by atoms with van der Waals surface area (Å²) in [6, 6.07) is 4.85. The predicted molar refractivity (Wildman–Crippen MR) is 71.4 cm³/mol. The Morgan fingerprint density at radius 1 is 1.55 bits per heavy atom. The van der Waals surface area contributed by atoms with Crippen molar-refractivity contribution >= 4 is 11.6 Å². The molecular formula is C14H12N2O4. The summed E-state index contributed by atoms with van der Waals surface area (Å²) < 4.78 is 9.77. The summed E-state index contributed by atoms with van der Waals surface area (Å²) in [5.41, 5.74) is 1.41. The van der Waals surface area contributed by atoms with Crippen LogP contribution in [0, 0.1) is 11.8 Å². The van der Waals surface area contributed by atoms with Crippen LogP contribution >= 0.6 is 0 Å². The van der Waals surface area contributed by atoms with Gasteiger partial charge in [0.15, 0.2) is 0 Å². The Kier molecular flexibility index (Phi) is 4.37. The van der Waals surface area contributed by atoms with Crippen molar-refractivity contribution in [3.8, 4) is 17.6 Å². The molecule has 1 heterocycles. The predicted octanol–water partition coefficient (Wildman–Crippen LogP) is 1.28. The zero-order valence-corrected chi connectivity index (χ0v) is 10.7. The van der Waals surface area contributed by atoms with Crippen LogP contribution in [0.1, 0.15) is 15.9 Å². The lowest BCUT2D eigenvalue weighted by atomic mass is 10.1. The highest BCUT2D eigenvalue weighted by Gasteiger charge is 2.10. The zero-order chi connectivity index (χ0) is 14.4. The molecule has 0 aliphatic rings. The van der Waals surface area contributed by atoms with Crippen LogP contribution < -0.4 is 10.1 Å². The Hall–Kier alpha value is -2.78. The fourth-order valence-electron chi connectivity index (χ4n) is 1.55. The van der Waals surface area contributed by atoms with Crippen LogP contribution in [0.3, 0.4) is 0 Å². The molecule has 2 N–H and O–H groups in total. The summed E-state index contributed by atoms with van der Waals surface area (Å²) >= 11 is 0. The number of anilines is 1. The number of amides is 1. The van der Waals surface area contributed by atoms with E-state index in [9.17, 15) is 4.79 Å². The molecule has 0 bridgehead atoms. The number of methoxy groups -OCH3 is 1. The molecule has 2 aromatic rings. The largest absolute Gasteiger partial charge is 0.495 e. The topological polar surface area (TPSA) is 84.6 Å². The second-order valence-electron chi connectivity index (χ2n) is 3.74. The van der Waals surface area contributed by atoms with E-state index in [1.54, 1.807) is 18.2 Å². The van der Waals surface area contributed by atoms with Gasteiger partial charge in [0.1, 0.15) is 24.3 Å². The average molecular weight is 272 g/mol. The fraction of sp³-hybridized carbons (Fsp3) is 0.143. The van der Waals surface area contributed by atoms with Gasteiger partial charge in [-0.3, -0.25) is 4.79 Å². The first-order valence-corrected chi connectivity index (χ1v) is 5.73. The van der Waals surface area contributed by atoms with E-state index >= 15 is 0 Å². The minimum absolute atomic E-state index is 0.264. The maximum atomic E-state index is 12.0. The lowest BCUT2D eigenvalue weighted by Crippen LogP contribution is -2.11. The van der Waals surface area contributed by atoms with E-state index in [0.717, 1.165) is 0 Å². The summed E-state index contributed by atoms with van der Waals surface area (Å²) in [5.74, 6) is 5.47. The van der Waals surface area contributed by atoms with E-state index in [2.05, 4.69) is 26.8 Å². The van der Waals surface area contributed by atoms with Crippen molar-refractivity contribution < 1.29 is 19.2 Å². The van der Waals surface area contributed by atoms with E-state index in [1.165, 1.54) is 19.6 Å². The number of ether oxygens (including phenoxy) is 1. The molecule has 1 amide bonds. The van der Waals surface area contributed by atoms with E-state index < -0.39 is 0 Å². The molecule has 0 saturated heterocycles. The lowest BCUT2D eigenvalue weighted by Gasteiger charge is -2.06. The van der Waals surface area contributed by atoms with Crippen molar-refractivity contribution in [1.82, 2.24) is 5.16 Å². The van der Waals surface area contributed by atoms with Gasteiger partial charge in [-0.1, -0.05) is 17.0 Å². The van der Waals surface area contributed by atoms with Crippen molar-refractivity contribution in [2.75, 3.05) is 19.0 Å². The maximum absolute atomic E-state index is 12.0. The van der Waals surface area contributed by atoms with Crippen molar-refractivity contribution in [3.05, 3.63) is 41.8 Å². The number of aliphatic hydroxyl groups is 1. The molecule has 0 aliphatic carbocycles. The molecule has 102 valence electrons. The standard InChI is InChI=1S/C14H12N2O4/c1-19-13-5-4-11(7-10(13)3-2-6-17)14(18)16-12-8-15-20-9-12/h4-5,7-9,17H,6H2,1H3,(H,16,18). The van der Waals surface area contributed by atoms with Crippen LogP contribution in [0.25, 0.3) is 0 Å². The highest BCUT2D eigenvalue weighted by Crippen LogP contribution is 2.19. The van der Waals surface area contributed by atoms with Gasteiger partial charge in [-0.05, 0) is 18.2 Å². The van der Waals surface area contributed by atoms with Gasteiger partial charge in [0.25, 0.3) is 5.91 Å². The molecule has 0 unspecified atom stereocenters. The number of carbonyl (C=O) groups excluding carboxylic acids is 1. The number of nitrogens with zero attached hydrogens (tertiary/aromatic N) is 1. The van der Waals surface area contributed by atoms with E-state index in [0.29, 0.717) is 22.6 Å². The third-order valence-corrected chi connectivity index (χ3v) is 2.45. The van der Waals surface area contributed by atoms with Crippen LogP contribution in [0.5, 0.6) is 5.75 Å². The molecule has 0 saturated carbocycles. The van der Waals surface area contributed by atoms with Gasteiger partial charge in [0.05, 0.1) is 18.9 Å². The number of carbonyl (C=O) groups is 1. The summed E-state index contributed by atoms with van der Waals surface area (Å²) in [5, 5.41) is 14.8. The molecular weight excluding hydrogens is 260 g/mol. The first-order valence-electron chi connectivity index (χ1n) is 5.73. The van der Waals surface area contributed by atoms with Gasteiger partial charge < -0.3 is 19.7 Å². The van der Waals surface area contributed by atoms with E-state index in [4.69, 9.17) is 9.84 Å². The molecule has 0 spiro atoms. The molecule has 20 heavy (non-hydrogen) atoms. The summed E-state index contributed by atoms with van der Waals surface area (Å²) in [7, 11) is 1.51. The molecule has 1 aromatic heterocycles. The van der Waals surface area contributed by atoms with Gasteiger partial charge >= 0.3 is 0 Å². The quantitative estimate of drug-likeness (QED) is 0.822. The molecule has 6 nitrogen and oxygen atoms in total. The molecule has 1 aromatic carbocycles. The molecule has 0 fully saturated rings. The third-order valence-electron chi connectivity index (χ3n) is 2.45. The number of benzene rings is 1. The summed E-state index contributed by atoms with van der Waals surface area (Å²) in [4.78, 5) is 12.0. The minimum Gasteiger partial charge on any atom is -0.495 e. The van der Waals surface area contributed by atoms with Gasteiger partial charge in [-0.25, -0.2) is 0 Å². The fourth-order valence-corrected chi connectivity index (χ4v) is 1.55. The average Bonchev–Trinajstić information content (AvgIpc) is 2.97. The Balaban J connectivity index is 2.26. The highest BCUT2D eigenvalue weighted by atomic mass is 16.5. The molecule has 6 heteroatoms. The molecule has 0 aliphatic heterocycles. The van der Waals surface area contributed by atoms with E-state index in [1.807, 2.05) is 0 Å². The van der Waals surface area contributed by atoms with Crippen molar-refractivity contribution in [2.45, 2.75) is 0 Å². The lowest BCUT2D eigenvalue weighted by molar-refractivity contribution is 0.102. The van der Waals surface area contributed by atoms with Gasteiger partial charge in [0.2, 0.25) is 0 Å². The first kappa shape index (κ1) is 13.6.